The van der Waals surface area contributed by atoms with Gasteiger partial charge in [0.25, 0.3) is 0 Å². The Morgan fingerprint density at radius 3 is 3.00 bits per heavy atom. The molecule has 1 N–H and O–H groups in total. The number of thiol groups is 1. The van der Waals surface area contributed by atoms with Crippen molar-refractivity contribution in [2.24, 2.45) is 0 Å². The molecule has 1 atom stereocenters. The van der Waals surface area contributed by atoms with E-state index in [0.29, 0.717) is 5.65 Å². The monoisotopic (exact) mass is 180 g/mol. The Balaban J connectivity index is 2.73. The van der Waals surface area contributed by atoms with Crippen LogP contribution < -0.4 is 0 Å². The van der Waals surface area contributed by atoms with Gasteiger partial charge in [-0.1, -0.05) is 0 Å². The third-order valence-corrected chi connectivity index (χ3v) is 1.89. The van der Waals surface area contributed by atoms with Crippen molar-refractivity contribution in [1.82, 2.24) is 19.9 Å². The van der Waals surface area contributed by atoms with E-state index < -0.39 is 0 Å². The van der Waals surface area contributed by atoms with E-state index in [4.69, 9.17) is 0 Å². The second-order valence-corrected chi connectivity index (χ2v) is 3.31. The number of fused-ring (bicyclic) bond motifs is 1. The molecule has 0 spiro atoms. The van der Waals surface area contributed by atoms with E-state index in [-0.39, 0.29) is 5.25 Å². The van der Waals surface area contributed by atoms with Crippen LogP contribution in [0.15, 0.2) is 12.7 Å². The maximum Gasteiger partial charge on any atom is 0.180 e. The Kier molecular flexibility index (Phi) is 1.73. The molecule has 2 rings (SSSR count). The van der Waals surface area contributed by atoms with Gasteiger partial charge in [0.1, 0.15) is 11.8 Å². The van der Waals surface area contributed by atoms with Gasteiger partial charge in [-0.25, -0.2) is 15.0 Å². The normalized spacial score (nSPS) is 13.5. The van der Waals surface area contributed by atoms with Gasteiger partial charge in [-0.15, -0.1) is 0 Å². The lowest BCUT2D eigenvalue weighted by Crippen LogP contribution is -1.93. The molecular weight excluding hydrogens is 172 g/mol. The summed E-state index contributed by atoms with van der Waals surface area (Å²) in [5.74, 6) is 0. The van der Waals surface area contributed by atoms with Crippen molar-refractivity contribution >= 4 is 23.8 Å². The molecule has 2 heterocycles. The van der Waals surface area contributed by atoms with Gasteiger partial charge >= 0.3 is 0 Å². The molecule has 0 saturated heterocycles. The minimum absolute atomic E-state index is 0.0935. The molecule has 0 radical (unpaired) electrons. The lowest BCUT2D eigenvalue weighted by Gasteiger charge is -2.02. The third-order valence-electron chi connectivity index (χ3n) is 1.65. The van der Waals surface area contributed by atoms with Crippen molar-refractivity contribution in [2.45, 2.75) is 12.2 Å². The van der Waals surface area contributed by atoms with E-state index in [9.17, 15) is 0 Å². The molecule has 2 aromatic heterocycles. The molecular formula is C7H8N4S. The van der Waals surface area contributed by atoms with Gasteiger partial charge in [0.2, 0.25) is 0 Å². The number of imidazole rings is 1. The zero-order chi connectivity index (χ0) is 8.55. The summed E-state index contributed by atoms with van der Waals surface area (Å²) in [6, 6.07) is 0. The lowest BCUT2D eigenvalue weighted by atomic mass is 10.3. The smallest absolute Gasteiger partial charge is 0.180 e. The van der Waals surface area contributed by atoms with Crippen LogP contribution in [0.25, 0.3) is 11.2 Å². The summed E-state index contributed by atoms with van der Waals surface area (Å²) in [6.07, 6.45) is 3.12. The Morgan fingerprint density at radius 2 is 2.25 bits per heavy atom. The standard InChI is InChI=1S/C7H8N4S/c1-4(12)5-6-7(10-2-8-5)11-3-9-6/h2-4,12H,1H3,(H,8,9,10,11). The van der Waals surface area contributed by atoms with Gasteiger partial charge in [-0.2, -0.15) is 12.6 Å². The Morgan fingerprint density at radius 1 is 1.42 bits per heavy atom. The number of nitrogens with one attached hydrogen (secondary N) is 1. The fourth-order valence-corrected chi connectivity index (χ4v) is 1.30. The average Bonchev–Trinajstić information content (AvgIpc) is 2.49. The van der Waals surface area contributed by atoms with Gasteiger partial charge in [0.05, 0.1) is 12.0 Å². The summed E-state index contributed by atoms with van der Waals surface area (Å²) in [6.45, 7) is 1.96. The highest BCUT2D eigenvalue weighted by molar-refractivity contribution is 7.80. The zero-order valence-corrected chi connectivity index (χ0v) is 7.42. The molecule has 2 aromatic rings. The third kappa shape index (κ3) is 1.06. The van der Waals surface area contributed by atoms with Crippen molar-refractivity contribution in [3.63, 3.8) is 0 Å². The van der Waals surface area contributed by atoms with Crippen LogP contribution in [0.3, 0.4) is 0 Å². The molecule has 0 aliphatic heterocycles. The molecule has 12 heavy (non-hydrogen) atoms. The Hall–Kier alpha value is -1.10. The molecule has 0 aromatic carbocycles. The highest BCUT2D eigenvalue weighted by atomic mass is 32.1. The zero-order valence-electron chi connectivity index (χ0n) is 6.52. The topological polar surface area (TPSA) is 54.5 Å². The maximum absolute atomic E-state index is 4.30. The fourth-order valence-electron chi connectivity index (χ4n) is 1.10. The first-order chi connectivity index (χ1) is 5.79. The van der Waals surface area contributed by atoms with Gasteiger partial charge < -0.3 is 4.98 Å². The quantitative estimate of drug-likeness (QED) is 0.651. The van der Waals surface area contributed by atoms with Gasteiger partial charge in [0.15, 0.2) is 5.65 Å². The van der Waals surface area contributed by atoms with Crippen molar-refractivity contribution in [3.05, 3.63) is 18.3 Å². The van der Waals surface area contributed by atoms with Gasteiger partial charge in [0, 0.05) is 5.25 Å². The number of hydrogen-bond donors (Lipinski definition) is 2. The summed E-state index contributed by atoms with van der Waals surface area (Å²) >= 11 is 4.30. The second kappa shape index (κ2) is 2.75. The molecule has 0 bridgehead atoms. The number of aromatic amines is 1. The molecule has 0 aliphatic rings. The van der Waals surface area contributed by atoms with Gasteiger partial charge in [-0.3, -0.25) is 0 Å². The van der Waals surface area contributed by atoms with Crippen LogP contribution in [-0.2, 0) is 0 Å². The van der Waals surface area contributed by atoms with E-state index in [2.05, 4.69) is 32.6 Å². The molecule has 1 unspecified atom stereocenters. The Bertz CT molecular complexity index is 395. The minimum atomic E-state index is 0.0935. The molecule has 0 saturated carbocycles. The average molecular weight is 180 g/mol. The highest BCUT2D eigenvalue weighted by Crippen LogP contribution is 2.21. The minimum Gasteiger partial charge on any atom is -0.342 e. The van der Waals surface area contributed by atoms with E-state index in [1.807, 2.05) is 6.92 Å². The number of aromatic nitrogens is 4. The molecule has 0 aliphatic carbocycles. The van der Waals surface area contributed by atoms with Crippen LogP contribution in [0.5, 0.6) is 0 Å². The molecule has 0 fully saturated rings. The van der Waals surface area contributed by atoms with Crippen molar-refractivity contribution < 1.29 is 0 Å². The van der Waals surface area contributed by atoms with E-state index in [0.717, 1.165) is 11.2 Å². The molecule has 62 valence electrons. The number of nitrogens with zero attached hydrogens (tertiary/aromatic N) is 3. The molecule has 0 amide bonds. The Labute approximate surface area is 74.9 Å². The van der Waals surface area contributed by atoms with Gasteiger partial charge in [-0.05, 0) is 6.92 Å². The van der Waals surface area contributed by atoms with Crippen LogP contribution in [-0.4, -0.2) is 19.9 Å². The first kappa shape index (κ1) is 7.54. The van der Waals surface area contributed by atoms with Crippen molar-refractivity contribution in [1.29, 1.82) is 0 Å². The van der Waals surface area contributed by atoms with E-state index in [1.54, 1.807) is 6.33 Å². The van der Waals surface area contributed by atoms with Crippen molar-refractivity contribution in [3.8, 4) is 0 Å². The number of H-pyrrole nitrogens is 1. The SMILES string of the molecule is CC(S)c1ncnc2nc[nH]c12. The lowest BCUT2D eigenvalue weighted by molar-refractivity contribution is 1.00. The molecule has 5 heteroatoms. The van der Waals surface area contributed by atoms with Crippen LogP contribution >= 0.6 is 12.6 Å². The fraction of sp³-hybridized carbons (Fsp3) is 0.286. The summed E-state index contributed by atoms with van der Waals surface area (Å²) < 4.78 is 0. The first-order valence-corrected chi connectivity index (χ1v) is 4.12. The van der Waals surface area contributed by atoms with E-state index >= 15 is 0 Å². The molecule has 4 nitrogen and oxygen atoms in total. The van der Waals surface area contributed by atoms with Crippen LogP contribution in [0.1, 0.15) is 17.9 Å². The van der Waals surface area contributed by atoms with Crippen LogP contribution in [0.2, 0.25) is 0 Å². The van der Waals surface area contributed by atoms with E-state index in [1.165, 1.54) is 6.33 Å². The van der Waals surface area contributed by atoms with Crippen molar-refractivity contribution in [2.75, 3.05) is 0 Å². The predicted octanol–water partition coefficient (Wildman–Crippen LogP) is 1.34. The highest BCUT2D eigenvalue weighted by Gasteiger charge is 2.08. The van der Waals surface area contributed by atoms with Crippen LogP contribution in [0, 0.1) is 0 Å². The summed E-state index contributed by atoms with van der Waals surface area (Å²) in [5.41, 5.74) is 2.46. The second-order valence-electron chi connectivity index (χ2n) is 2.54. The number of rotatable bonds is 1. The summed E-state index contributed by atoms with van der Waals surface area (Å²) in [5, 5.41) is 0.0935. The summed E-state index contributed by atoms with van der Waals surface area (Å²) in [7, 11) is 0. The maximum atomic E-state index is 4.30. The first-order valence-electron chi connectivity index (χ1n) is 3.61. The van der Waals surface area contributed by atoms with Crippen LogP contribution in [0.4, 0.5) is 0 Å². The largest absolute Gasteiger partial charge is 0.342 e. The number of hydrogen-bond acceptors (Lipinski definition) is 4. The predicted molar refractivity (Wildman–Crippen MR) is 49.1 cm³/mol. The summed E-state index contributed by atoms with van der Waals surface area (Å²) in [4.78, 5) is 15.1.